The summed E-state index contributed by atoms with van der Waals surface area (Å²) in [6.45, 7) is 1.98. The number of benzene rings is 1. The molecule has 0 fully saturated rings. The highest BCUT2D eigenvalue weighted by molar-refractivity contribution is 5.96. The van der Waals surface area contributed by atoms with Gasteiger partial charge >= 0.3 is 11.9 Å². The molecular weight excluding hydrogens is 408 g/mol. The number of aromatic nitrogens is 4. The number of carboxylic acid groups (broad SMARTS) is 2. The van der Waals surface area contributed by atoms with Crippen LogP contribution in [0.4, 0.5) is 5.82 Å². The SMILES string of the molecule is Cc1nc2[nH]nc(NCc3ccc(C(=O)N[C@@H](CCC(=O)O)C(=O)O)cc3)c2c(=O)[nH]1. The van der Waals surface area contributed by atoms with Gasteiger partial charge in [0.2, 0.25) is 0 Å². The van der Waals surface area contributed by atoms with E-state index in [9.17, 15) is 19.2 Å². The second-order valence-corrected chi connectivity index (χ2v) is 6.79. The Bertz CT molecular complexity index is 1180. The van der Waals surface area contributed by atoms with Gasteiger partial charge in [0.25, 0.3) is 11.5 Å². The van der Waals surface area contributed by atoms with Gasteiger partial charge < -0.3 is 25.8 Å². The maximum absolute atomic E-state index is 12.3. The first-order valence-corrected chi connectivity index (χ1v) is 9.28. The molecule has 0 saturated heterocycles. The van der Waals surface area contributed by atoms with Crippen molar-refractivity contribution in [1.82, 2.24) is 25.5 Å². The molecule has 2 heterocycles. The number of aromatic amines is 2. The molecule has 0 radical (unpaired) electrons. The normalized spacial score (nSPS) is 11.8. The van der Waals surface area contributed by atoms with Crippen LogP contribution in [0.25, 0.3) is 11.0 Å². The van der Waals surface area contributed by atoms with Crippen molar-refractivity contribution in [3.05, 3.63) is 51.6 Å². The summed E-state index contributed by atoms with van der Waals surface area (Å²) in [5.74, 6) is -2.26. The minimum absolute atomic E-state index is 0.219. The van der Waals surface area contributed by atoms with E-state index < -0.39 is 23.9 Å². The Morgan fingerprint density at radius 2 is 1.87 bits per heavy atom. The molecule has 0 spiro atoms. The Hall–Kier alpha value is -4.22. The van der Waals surface area contributed by atoms with Crippen LogP contribution in [0.15, 0.2) is 29.1 Å². The van der Waals surface area contributed by atoms with Gasteiger partial charge in [-0.05, 0) is 31.0 Å². The third kappa shape index (κ3) is 5.23. The monoisotopic (exact) mass is 428 g/mol. The van der Waals surface area contributed by atoms with Crippen LogP contribution in [0.3, 0.4) is 0 Å². The van der Waals surface area contributed by atoms with Crippen LogP contribution in [0.1, 0.15) is 34.6 Å². The van der Waals surface area contributed by atoms with E-state index in [0.717, 1.165) is 5.56 Å². The molecule has 0 aliphatic carbocycles. The maximum atomic E-state index is 12.3. The number of nitrogens with zero attached hydrogens (tertiary/aromatic N) is 2. The van der Waals surface area contributed by atoms with E-state index in [1.165, 1.54) is 12.1 Å². The Kier molecular flexibility index (Phi) is 6.29. The number of rotatable bonds is 9. The summed E-state index contributed by atoms with van der Waals surface area (Å²) in [5, 5.41) is 30.2. The van der Waals surface area contributed by atoms with Gasteiger partial charge in [-0.2, -0.15) is 5.10 Å². The van der Waals surface area contributed by atoms with Gasteiger partial charge in [0, 0.05) is 18.5 Å². The number of nitrogens with one attached hydrogen (secondary N) is 4. The maximum Gasteiger partial charge on any atom is 0.326 e. The lowest BCUT2D eigenvalue weighted by Crippen LogP contribution is -2.41. The van der Waals surface area contributed by atoms with Crippen molar-refractivity contribution in [3.63, 3.8) is 0 Å². The average molecular weight is 428 g/mol. The number of hydrogen-bond donors (Lipinski definition) is 6. The highest BCUT2D eigenvalue weighted by Crippen LogP contribution is 2.15. The fourth-order valence-corrected chi connectivity index (χ4v) is 2.91. The van der Waals surface area contributed by atoms with Crippen LogP contribution in [-0.4, -0.2) is 54.3 Å². The third-order valence-corrected chi connectivity index (χ3v) is 4.47. The fourth-order valence-electron chi connectivity index (χ4n) is 2.91. The molecule has 0 aliphatic rings. The summed E-state index contributed by atoms with van der Waals surface area (Å²) >= 11 is 0. The van der Waals surface area contributed by atoms with Crippen LogP contribution in [0.5, 0.6) is 0 Å². The number of amides is 1. The number of fused-ring (bicyclic) bond motifs is 1. The predicted molar refractivity (Wildman–Crippen MR) is 109 cm³/mol. The molecule has 0 bridgehead atoms. The van der Waals surface area contributed by atoms with Crippen molar-refractivity contribution in [2.45, 2.75) is 32.4 Å². The van der Waals surface area contributed by atoms with Crippen LogP contribution in [0, 0.1) is 6.92 Å². The molecule has 0 saturated carbocycles. The Morgan fingerprint density at radius 1 is 1.16 bits per heavy atom. The van der Waals surface area contributed by atoms with Gasteiger partial charge in [0.05, 0.1) is 0 Å². The number of aryl methyl sites for hydroxylation is 1. The largest absolute Gasteiger partial charge is 0.481 e. The van der Waals surface area contributed by atoms with Gasteiger partial charge in [-0.25, -0.2) is 9.78 Å². The quantitative estimate of drug-likeness (QED) is 0.283. The molecule has 12 heteroatoms. The average Bonchev–Trinajstić information content (AvgIpc) is 3.12. The number of hydrogen-bond acceptors (Lipinski definition) is 7. The zero-order chi connectivity index (χ0) is 22.5. The number of anilines is 1. The van der Waals surface area contributed by atoms with Gasteiger partial charge in [0.15, 0.2) is 11.5 Å². The van der Waals surface area contributed by atoms with Crippen molar-refractivity contribution in [2.24, 2.45) is 0 Å². The van der Waals surface area contributed by atoms with Crippen LogP contribution in [0.2, 0.25) is 0 Å². The molecular formula is C19H20N6O6. The van der Waals surface area contributed by atoms with Crippen molar-refractivity contribution >= 4 is 34.7 Å². The predicted octanol–water partition coefficient (Wildman–Crippen LogP) is 0.615. The Labute approximate surface area is 174 Å². The van der Waals surface area contributed by atoms with Gasteiger partial charge in [0.1, 0.15) is 17.3 Å². The Balaban J connectivity index is 1.64. The summed E-state index contributed by atoms with van der Waals surface area (Å²) in [4.78, 5) is 53.0. The van der Waals surface area contributed by atoms with E-state index >= 15 is 0 Å². The molecule has 31 heavy (non-hydrogen) atoms. The van der Waals surface area contributed by atoms with Gasteiger partial charge in [-0.1, -0.05) is 12.1 Å². The molecule has 1 atom stereocenters. The number of aliphatic carboxylic acids is 2. The molecule has 0 unspecified atom stereocenters. The minimum Gasteiger partial charge on any atom is -0.481 e. The molecule has 3 aromatic rings. The highest BCUT2D eigenvalue weighted by atomic mass is 16.4. The lowest BCUT2D eigenvalue weighted by atomic mass is 10.1. The highest BCUT2D eigenvalue weighted by Gasteiger charge is 2.21. The number of carbonyl (C=O) groups excluding carboxylic acids is 1. The zero-order valence-electron chi connectivity index (χ0n) is 16.4. The van der Waals surface area contributed by atoms with E-state index in [0.29, 0.717) is 29.2 Å². The second kappa shape index (κ2) is 9.07. The van der Waals surface area contributed by atoms with Crippen molar-refractivity contribution in [2.75, 3.05) is 5.32 Å². The van der Waals surface area contributed by atoms with Crippen molar-refractivity contribution in [1.29, 1.82) is 0 Å². The van der Waals surface area contributed by atoms with Crippen molar-refractivity contribution < 1.29 is 24.6 Å². The molecule has 1 aromatic carbocycles. The number of H-pyrrole nitrogens is 2. The standard InChI is InChI=1S/C19H20N6O6/c1-9-21-16-14(18(29)22-9)15(24-25-16)20-8-10-2-4-11(5-3-10)17(28)23-12(19(30)31)6-7-13(26)27/h2-5,12H,6-8H2,1H3,(H,23,28)(H,26,27)(H,30,31)(H3,20,21,22,24,25,29)/t12-/m0/s1. The molecule has 1 amide bonds. The first kappa shape index (κ1) is 21.5. The molecule has 2 aromatic heterocycles. The molecule has 6 N–H and O–H groups in total. The smallest absolute Gasteiger partial charge is 0.326 e. The van der Waals surface area contributed by atoms with E-state index in [4.69, 9.17) is 10.2 Å². The van der Waals surface area contributed by atoms with E-state index in [-0.39, 0.29) is 24.0 Å². The van der Waals surface area contributed by atoms with E-state index in [2.05, 4.69) is 30.8 Å². The summed E-state index contributed by atoms with van der Waals surface area (Å²) in [6.07, 6.45) is -0.592. The molecule has 162 valence electrons. The summed E-state index contributed by atoms with van der Waals surface area (Å²) in [6, 6.07) is 5.06. The first-order chi connectivity index (χ1) is 14.7. The number of carboxylic acids is 2. The first-order valence-electron chi connectivity index (χ1n) is 9.28. The fraction of sp³-hybridized carbons (Fsp3) is 0.263. The molecule has 3 rings (SSSR count). The van der Waals surface area contributed by atoms with Crippen molar-refractivity contribution in [3.8, 4) is 0 Å². The van der Waals surface area contributed by atoms with Crippen LogP contribution in [-0.2, 0) is 16.1 Å². The van der Waals surface area contributed by atoms with E-state index in [1.807, 2.05) is 0 Å². The summed E-state index contributed by atoms with van der Waals surface area (Å²) in [7, 11) is 0. The lowest BCUT2D eigenvalue weighted by molar-refractivity contribution is -0.140. The van der Waals surface area contributed by atoms with Crippen LogP contribution >= 0.6 is 0 Å². The molecule has 0 aliphatic heterocycles. The summed E-state index contributed by atoms with van der Waals surface area (Å²) < 4.78 is 0. The summed E-state index contributed by atoms with van der Waals surface area (Å²) in [5.41, 5.74) is 1.06. The molecule has 12 nitrogen and oxygen atoms in total. The Morgan fingerprint density at radius 3 is 2.52 bits per heavy atom. The van der Waals surface area contributed by atoms with Crippen LogP contribution < -0.4 is 16.2 Å². The lowest BCUT2D eigenvalue weighted by Gasteiger charge is -2.13. The number of carbonyl (C=O) groups is 3. The van der Waals surface area contributed by atoms with Gasteiger partial charge in [-0.15, -0.1) is 0 Å². The third-order valence-electron chi connectivity index (χ3n) is 4.47. The topological polar surface area (TPSA) is 190 Å². The minimum atomic E-state index is -1.30. The zero-order valence-corrected chi connectivity index (χ0v) is 16.4. The second-order valence-electron chi connectivity index (χ2n) is 6.79. The van der Waals surface area contributed by atoms with Gasteiger partial charge in [-0.3, -0.25) is 19.5 Å². The van der Waals surface area contributed by atoms with E-state index in [1.54, 1.807) is 19.1 Å².